The Bertz CT molecular complexity index is 417. The molecule has 0 unspecified atom stereocenters. The minimum Gasteiger partial charge on any atom is -0.491 e. The molecule has 1 aromatic carbocycles. The molecule has 1 N–H and O–H groups in total. The van der Waals surface area contributed by atoms with Crippen molar-refractivity contribution in [3.8, 4) is 5.75 Å². The van der Waals surface area contributed by atoms with Crippen molar-refractivity contribution in [3.63, 3.8) is 0 Å². The van der Waals surface area contributed by atoms with Crippen molar-refractivity contribution in [3.05, 3.63) is 28.8 Å². The number of hydrogen-bond donors (Lipinski definition) is 1. The summed E-state index contributed by atoms with van der Waals surface area (Å²) in [7, 11) is 0. The molecule has 0 aromatic heterocycles. The first-order chi connectivity index (χ1) is 9.66. The van der Waals surface area contributed by atoms with E-state index in [4.69, 9.17) is 21.1 Å². The Kier molecular flexibility index (Phi) is 6.14. The summed E-state index contributed by atoms with van der Waals surface area (Å²) in [4.78, 5) is 0. The van der Waals surface area contributed by atoms with Crippen LogP contribution < -0.4 is 10.1 Å². The normalized spacial score (nSPS) is 16.6. The molecule has 0 amide bonds. The molecule has 4 heteroatoms. The van der Waals surface area contributed by atoms with Crippen LogP contribution in [0.5, 0.6) is 5.75 Å². The van der Waals surface area contributed by atoms with Gasteiger partial charge in [0.15, 0.2) is 0 Å². The summed E-state index contributed by atoms with van der Waals surface area (Å²) in [5, 5.41) is 4.10. The van der Waals surface area contributed by atoms with Crippen molar-refractivity contribution >= 4 is 11.6 Å². The molecule has 0 atom stereocenters. The summed E-state index contributed by atoms with van der Waals surface area (Å²) in [5.74, 6) is 1.40. The van der Waals surface area contributed by atoms with Crippen LogP contribution in [0, 0.1) is 5.92 Å². The van der Waals surface area contributed by atoms with E-state index in [-0.39, 0.29) is 0 Å². The van der Waals surface area contributed by atoms with Crippen LogP contribution in [-0.2, 0) is 11.3 Å². The fourth-order valence-corrected chi connectivity index (χ4v) is 2.53. The van der Waals surface area contributed by atoms with Gasteiger partial charge in [-0.15, -0.1) is 0 Å². The predicted octanol–water partition coefficient (Wildman–Crippen LogP) is 3.64. The Hall–Kier alpha value is -0.770. The van der Waals surface area contributed by atoms with E-state index in [1.165, 1.54) is 0 Å². The maximum atomic E-state index is 6.28. The minimum atomic E-state index is 0.442. The molecule has 0 aliphatic carbocycles. The summed E-state index contributed by atoms with van der Waals surface area (Å²) in [6.07, 6.45) is 2.15. The smallest absolute Gasteiger partial charge is 0.142 e. The Morgan fingerprint density at radius 1 is 1.35 bits per heavy atom. The lowest BCUT2D eigenvalue weighted by Crippen LogP contribution is -2.24. The van der Waals surface area contributed by atoms with Gasteiger partial charge in [-0.05, 0) is 24.8 Å². The van der Waals surface area contributed by atoms with Gasteiger partial charge in [0.25, 0.3) is 0 Å². The van der Waals surface area contributed by atoms with E-state index < -0.39 is 0 Å². The van der Waals surface area contributed by atoms with Crippen LogP contribution in [-0.4, -0.2) is 25.9 Å². The summed E-state index contributed by atoms with van der Waals surface area (Å²) < 4.78 is 11.4. The van der Waals surface area contributed by atoms with Gasteiger partial charge in [-0.3, -0.25) is 0 Å². The van der Waals surface area contributed by atoms with Gasteiger partial charge in [0.1, 0.15) is 5.75 Å². The van der Waals surface area contributed by atoms with Gasteiger partial charge in [-0.1, -0.05) is 37.6 Å². The van der Waals surface area contributed by atoms with Crippen LogP contribution in [0.2, 0.25) is 5.02 Å². The van der Waals surface area contributed by atoms with E-state index in [1.54, 1.807) is 0 Å². The molecule has 1 aliphatic rings. The van der Waals surface area contributed by atoms with Gasteiger partial charge in [-0.25, -0.2) is 0 Å². The SMILES string of the molecule is CC(C)NCc1cccc(Cl)c1OCC1CCOCC1. The number of para-hydroxylation sites is 1. The van der Waals surface area contributed by atoms with Crippen LogP contribution in [0.15, 0.2) is 18.2 Å². The van der Waals surface area contributed by atoms with Crippen molar-refractivity contribution in [2.45, 2.75) is 39.3 Å². The van der Waals surface area contributed by atoms with Gasteiger partial charge < -0.3 is 14.8 Å². The largest absolute Gasteiger partial charge is 0.491 e. The van der Waals surface area contributed by atoms with Crippen LogP contribution in [0.25, 0.3) is 0 Å². The molecule has 0 spiro atoms. The van der Waals surface area contributed by atoms with E-state index in [2.05, 4.69) is 25.2 Å². The first-order valence-corrected chi connectivity index (χ1v) is 7.76. The summed E-state index contributed by atoms with van der Waals surface area (Å²) in [6, 6.07) is 6.37. The number of ether oxygens (including phenoxy) is 2. The van der Waals surface area contributed by atoms with Crippen LogP contribution in [0.3, 0.4) is 0 Å². The number of rotatable bonds is 6. The van der Waals surface area contributed by atoms with Crippen LogP contribution >= 0.6 is 11.6 Å². The molecule has 0 saturated carbocycles. The van der Waals surface area contributed by atoms with Gasteiger partial charge in [0, 0.05) is 31.4 Å². The zero-order chi connectivity index (χ0) is 14.4. The topological polar surface area (TPSA) is 30.5 Å². The molecule has 0 bridgehead atoms. The minimum absolute atomic E-state index is 0.442. The zero-order valence-electron chi connectivity index (χ0n) is 12.3. The van der Waals surface area contributed by atoms with Crippen molar-refractivity contribution in [1.82, 2.24) is 5.32 Å². The number of nitrogens with one attached hydrogen (secondary N) is 1. The molecule has 1 aliphatic heterocycles. The van der Waals surface area contributed by atoms with Crippen LogP contribution in [0.1, 0.15) is 32.3 Å². The molecule has 112 valence electrons. The third-order valence-electron chi connectivity index (χ3n) is 3.55. The van der Waals surface area contributed by atoms with E-state index in [0.717, 1.165) is 50.5 Å². The summed E-state index contributed by atoms with van der Waals surface area (Å²) in [6.45, 7) is 7.46. The highest BCUT2D eigenvalue weighted by molar-refractivity contribution is 6.32. The van der Waals surface area contributed by atoms with Gasteiger partial charge in [0.2, 0.25) is 0 Å². The molecular weight excluding hydrogens is 274 g/mol. The lowest BCUT2D eigenvalue weighted by atomic mass is 10.0. The molecule has 1 aromatic rings. The molecule has 3 nitrogen and oxygen atoms in total. The highest BCUT2D eigenvalue weighted by atomic mass is 35.5. The standard InChI is InChI=1S/C16H24ClNO2/c1-12(2)18-10-14-4-3-5-15(17)16(14)20-11-13-6-8-19-9-7-13/h3-5,12-13,18H,6-11H2,1-2H3. The highest BCUT2D eigenvalue weighted by Crippen LogP contribution is 2.30. The Labute approximate surface area is 126 Å². The monoisotopic (exact) mass is 297 g/mol. The molecule has 1 heterocycles. The van der Waals surface area contributed by atoms with E-state index in [9.17, 15) is 0 Å². The lowest BCUT2D eigenvalue weighted by Gasteiger charge is -2.23. The molecule has 2 rings (SSSR count). The van der Waals surface area contributed by atoms with Gasteiger partial charge >= 0.3 is 0 Å². The second-order valence-electron chi connectivity index (χ2n) is 5.63. The lowest BCUT2D eigenvalue weighted by molar-refractivity contribution is 0.0496. The fourth-order valence-electron chi connectivity index (χ4n) is 2.28. The zero-order valence-corrected chi connectivity index (χ0v) is 13.1. The number of hydrogen-bond acceptors (Lipinski definition) is 3. The average molecular weight is 298 g/mol. The van der Waals surface area contributed by atoms with E-state index in [1.807, 2.05) is 12.1 Å². The maximum Gasteiger partial charge on any atom is 0.142 e. The second kappa shape index (κ2) is 7.87. The maximum absolute atomic E-state index is 6.28. The summed E-state index contributed by atoms with van der Waals surface area (Å²) in [5.41, 5.74) is 1.12. The van der Waals surface area contributed by atoms with Crippen LogP contribution in [0.4, 0.5) is 0 Å². The molecule has 20 heavy (non-hydrogen) atoms. The molecule has 1 fully saturated rings. The Morgan fingerprint density at radius 2 is 2.10 bits per heavy atom. The number of benzene rings is 1. The van der Waals surface area contributed by atoms with Crippen molar-refractivity contribution in [2.75, 3.05) is 19.8 Å². The summed E-state index contributed by atoms with van der Waals surface area (Å²) >= 11 is 6.28. The highest BCUT2D eigenvalue weighted by Gasteiger charge is 2.16. The van der Waals surface area contributed by atoms with E-state index >= 15 is 0 Å². The molecular formula is C16H24ClNO2. The quantitative estimate of drug-likeness (QED) is 0.869. The number of halogens is 1. The third kappa shape index (κ3) is 4.65. The Balaban J connectivity index is 1.97. The first-order valence-electron chi connectivity index (χ1n) is 7.38. The van der Waals surface area contributed by atoms with Crippen molar-refractivity contribution in [1.29, 1.82) is 0 Å². The Morgan fingerprint density at radius 3 is 2.80 bits per heavy atom. The fraction of sp³-hybridized carbons (Fsp3) is 0.625. The third-order valence-corrected chi connectivity index (χ3v) is 3.85. The van der Waals surface area contributed by atoms with Gasteiger partial charge in [-0.2, -0.15) is 0 Å². The second-order valence-corrected chi connectivity index (χ2v) is 6.04. The first kappa shape index (κ1) is 15.6. The van der Waals surface area contributed by atoms with Gasteiger partial charge in [0.05, 0.1) is 11.6 Å². The van der Waals surface area contributed by atoms with Crippen molar-refractivity contribution < 1.29 is 9.47 Å². The molecule has 1 saturated heterocycles. The average Bonchev–Trinajstić information content (AvgIpc) is 2.45. The van der Waals surface area contributed by atoms with E-state index in [0.29, 0.717) is 17.0 Å². The van der Waals surface area contributed by atoms with Crippen molar-refractivity contribution in [2.24, 2.45) is 5.92 Å². The molecule has 0 radical (unpaired) electrons. The predicted molar refractivity (Wildman–Crippen MR) is 82.5 cm³/mol.